The van der Waals surface area contributed by atoms with Crippen molar-refractivity contribution in [3.05, 3.63) is 72.3 Å². The number of hydrogen-bond acceptors (Lipinski definition) is 7. The molecule has 4 rings (SSSR count). The zero-order valence-corrected chi connectivity index (χ0v) is 27.0. The molecule has 0 bridgehead atoms. The van der Waals surface area contributed by atoms with Crippen molar-refractivity contribution in [2.24, 2.45) is 5.73 Å². The topological polar surface area (TPSA) is 167 Å². The summed E-state index contributed by atoms with van der Waals surface area (Å²) in [7, 11) is -0.880. The number of carbonyl (C=O) groups is 2. The number of ether oxygens (including phenoxy) is 2. The number of halogens is 1. The number of nitrogens with one attached hydrogen (secondary N) is 3. The van der Waals surface area contributed by atoms with Gasteiger partial charge < -0.3 is 30.3 Å². The molecule has 2 atom stereocenters. The monoisotopic (exact) mass is 660 g/mol. The summed E-state index contributed by atoms with van der Waals surface area (Å²) in [6.07, 6.45) is 1.53. The number of anilines is 1. The van der Waals surface area contributed by atoms with E-state index in [-0.39, 0.29) is 48.2 Å². The number of benzene rings is 3. The van der Waals surface area contributed by atoms with E-state index in [2.05, 4.69) is 10.0 Å². The number of methoxy groups -OCH3 is 1. The molecule has 0 saturated carbocycles. The van der Waals surface area contributed by atoms with Crippen LogP contribution >= 0.6 is 12.4 Å². The number of carbonyl (C=O) groups excluding carboxylic acids is 2. The van der Waals surface area contributed by atoms with E-state index in [1.807, 2.05) is 24.3 Å². The van der Waals surface area contributed by atoms with Gasteiger partial charge in [0.15, 0.2) is 5.96 Å². The van der Waals surface area contributed by atoms with Gasteiger partial charge in [-0.05, 0) is 59.9 Å². The Kier molecular flexibility index (Phi) is 13.1. The van der Waals surface area contributed by atoms with Crippen molar-refractivity contribution in [2.75, 3.05) is 52.4 Å². The molecule has 45 heavy (non-hydrogen) atoms. The number of likely N-dealkylation sites (tertiary alicyclic amines) is 1. The maximum absolute atomic E-state index is 13.9. The Bertz CT molecular complexity index is 1570. The predicted octanol–water partition coefficient (Wildman–Crippen LogP) is 2.57. The molecule has 0 spiro atoms. The SMILES string of the molecule is COCCOCC(=O)Nc1ccc(CC(NS(=O)(=O)c2ccc3ccccc3c2)C(=O)N(C)C2CCCN(C(=N)N)C2)cc1.Cl. The fourth-order valence-electron chi connectivity index (χ4n) is 5.15. The fraction of sp³-hybridized carbons (Fsp3) is 0.387. The van der Waals surface area contributed by atoms with Gasteiger partial charge in [-0.15, -0.1) is 12.4 Å². The molecular weight excluding hydrogens is 620 g/mol. The third kappa shape index (κ3) is 9.87. The summed E-state index contributed by atoms with van der Waals surface area (Å²) in [5.41, 5.74) is 6.94. The Labute approximate surface area is 270 Å². The number of amides is 2. The lowest BCUT2D eigenvalue weighted by atomic mass is 10.0. The van der Waals surface area contributed by atoms with Crippen LogP contribution in [0.2, 0.25) is 0 Å². The minimum Gasteiger partial charge on any atom is -0.382 e. The second-order valence-corrected chi connectivity index (χ2v) is 12.5. The number of piperidine rings is 1. The first-order valence-electron chi connectivity index (χ1n) is 14.4. The van der Waals surface area contributed by atoms with Gasteiger partial charge in [0.05, 0.1) is 18.1 Å². The van der Waals surface area contributed by atoms with Gasteiger partial charge in [0.25, 0.3) is 0 Å². The molecule has 14 heteroatoms. The van der Waals surface area contributed by atoms with Gasteiger partial charge in [0.2, 0.25) is 21.8 Å². The molecule has 2 amide bonds. The third-order valence-corrected chi connectivity index (χ3v) is 9.07. The number of sulfonamides is 1. The maximum Gasteiger partial charge on any atom is 0.250 e. The second-order valence-electron chi connectivity index (χ2n) is 10.8. The van der Waals surface area contributed by atoms with Crippen LogP contribution in [0.25, 0.3) is 10.8 Å². The Balaban J connectivity index is 0.00000552. The van der Waals surface area contributed by atoms with Crippen molar-refractivity contribution in [3.8, 4) is 0 Å². The van der Waals surface area contributed by atoms with Crippen LogP contribution in [0.1, 0.15) is 18.4 Å². The lowest BCUT2D eigenvalue weighted by molar-refractivity contribution is -0.134. The third-order valence-electron chi connectivity index (χ3n) is 7.60. The highest BCUT2D eigenvalue weighted by molar-refractivity contribution is 7.89. The Morgan fingerprint density at radius 1 is 1.09 bits per heavy atom. The van der Waals surface area contributed by atoms with E-state index in [1.54, 1.807) is 60.4 Å². The minimum atomic E-state index is -4.08. The van der Waals surface area contributed by atoms with Crippen LogP contribution in [-0.2, 0) is 35.5 Å². The molecule has 1 aliphatic rings. The first-order chi connectivity index (χ1) is 21.1. The number of guanidine groups is 1. The van der Waals surface area contributed by atoms with Crippen LogP contribution in [0.5, 0.6) is 0 Å². The van der Waals surface area contributed by atoms with E-state index in [1.165, 1.54) is 6.07 Å². The van der Waals surface area contributed by atoms with Crippen molar-refractivity contribution >= 4 is 56.7 Å². The molecule has 12 nitrogen and oxygen atoms in total. The lowest BCUT2D eigenvalue weighted by Crippen LogP contribution is -2.56. The molecule has 0 aromatic heterocycles. The average molecular weight is 661 g/mol. The zero-order valence-electron chi connectivity index (χ0n) is 25.4. The van der Waals surface area contributed by atoms with Crippen LogP contribution in [-0.4, -0.2) is 95.1 Å². The molecule has 1 heterocycles. The van der Waals surface area contributed by atoms with E-state index in [0.29, 0.717) is 44.0 Å². The zero-order chi connectivity index (χ0) is 31.7. The average Bonchev–Trinajstić information content (AvgIpc) is 3.02. The summed E-state index contributed by atoms with van der Waals surface area (Å²) < 4.78 is 40.0. The number of nitrogens with two attached hydrogens (primary N) is 1. The summed E-state index contributed by atoms with van der Waals surface area (Å²) in [6.45, 7) is 1.60. The van der Waals surface area contributed by atoms with Crippen LogP contribution in [0, 0.1) is 5.41 Å². The number of likely N-dealkylation sites (N-methyl/N-ethyl adjacent to an activating group) is 1. The molecule has 2 unspecified atom stereocenters. The van der Waals surface area contributed by atoms with Gasteiger partial charge in [-0.2, -0.15) is 4.72 Å². The lowest BCUT2D eigenvalue weighted by Gasteiger charge is -2.39. The molecule has 3 aromatic rings. The second kappa shape index (κ2) is 16.5. The van der Waals surface area contributed by atoms with E-state index >= 15 is 0 Å². The molecule has 244 valence electrons. The van der Waals surface area contributed by atoms with Crippen LogP contribution in [0.3, 0.4) is 0 Å². The minimum absolute atomic E-state index is 0. The van der Waals surface area contributed by atoms with Gasteiger partial charge in [-0.25, -0.2) is 8.42 Å². The van der Waals surface area contributed by atoms with Crippen LogP contribution in [0.4, 0.5) is 5.69 Å². The highest BCUT2D eigenvalue weighted by atomic mass is 35.5. The van der Waals surface area contributed by atoms with E-state index in [9.17, 15) is 18.0 Å². The summed E-state index contributed by atoms with van der Waals surface area (Å²) in [6, 6.07) is 17.8. The molecule has 1 aliphatic heterocycles. The van der Waals surface area contributed by atoms with Crippen molar-refractivity contribution in [2.45, 2.75) is 36.2 Å². The highest BCUT2D eigenvalue weighted by Crippen LogP contribution is 2.21. The maximum atomic E-state index is 13.9. The Morgan fingerprint density at radius 2 is 1.80 bits per heavy atom. The first kappa shape index (κ1) is 35.7. The summed E-state index contributed by atoms with van der Waals surface area (Å²) in [5, 5.41) is 12.2. The van der Waals surface area contributed by atoms with Gasteiger partial charge in [0.1, 0.15) is 12.6 Å². The number of nitrogens with zero attached hydrogens (tertiary/aromatic N) is 2. The van der Waals surface area contributed by atoms with Crippen molar-refractivity contribution in [1.29, 1.82) is 5.41 Å². The molecule has 1 saturated heterocycles. The molecule has 5 N–H and O–H groups in total. The van der Waals surface area contributed by atoms with Gasteiger partial charge in [-0.1, -0.05) is 42.5 Å². The molecule has 0 radical (unpaired) electrons. The van der Waals surface area contributed by atoms with Gasteiger partial charge >= 0.3 is 0 Å². The molecular formula is C31H41ClN6O6S. The summed E-state index contributed by atoms with van der Waals surface area (Å²) in [4.78, 5) is 29.4. The van der Waals surface area contributed by atoms with E-state index < -0.39 is 22.0 Å². The van der Waals surface area contributed by atoms with Gasteiger partial charge in [-0.3, -0.25) is 15.0 Å². The summed E-state index contributed by atoms with van der Waals surface area (Å²) >= 11 is 0. The molecule has 0 aliphatic carbocycles. The van der Waals surface area contributed by atoms with Gasteiger partial charge in [0, 0.05) is 39.0 Å². The van der Waals surface area contributed by atoms with E-state index in [4.69, 9.17) is 20.6 Å². The normalized spacial score (nSPS) is 15.6. The Morgan fingerprint density at radius 3 is 2.49 bits per heavy atom. The van der Waals surface area contributed by atoms with Crippen molar-refractivity contribution in [3.63, 3.8) is 0 Å². The van der Waals surface area contributed by atoms with Crippen molar-refractivity contribution in [1.82, 2.24) is 14.5 Å². The number of hydrogen-bond donors (Lipinski definition) is 4. The predicted molar refractivity (Wildman–Crippen MR) is 176 cm³/mol. The molecule has 1 fully saturated rings. The number of fused-ring (bicyclic) bond motifs is 1. The molecule has 3 aromatic carbocycles. The van der Waals surface area contributed by atoms with Crippen molar-refractivity contribution < 1.29 is 27.5 Å². The highest BCUT2D eigenvalue weighted by Gasteiger charge is 2.33. The Hall–Kier alpha value is -3.75. The quantitative estimate of drug-likeness (QED) is 0.123. The fourth-order valence-corrected chi connectivity index (χ4v) is 6.37. The first-order valence-corrected chi connectivity index (χ1v) is 15.9. The standard InChI is InChI=1S/C31H40N6O6S.ClH/c1-36(26-8-5-15-37(20-26)31(32)33)30(39)28(35-44(40,41)27-14-11-23-6-3-4-7-24(23)19-27)18-22-9-12-25(13-10-22)34-29(38)21-43-17-16-42-2;/h3-4,6-7,9-14,19,26,28,35H,5,8,15-18,20-21H2,1-2H3,(H3,32,33)(H,34,38);1H. The summed E-state index contributed by atoms with van der Waals surface area (Å²) in [5.74, 6) is -0.771. The van der Waals surface area contributed by atoms with Crippen LogP contribution in [0.15, 0.2) is 71.6 Å². The largest absolute Gasteiger partial charge is 0.382 e. The smallest absolute Gasteiger partial charge is 0.250 e. The van der Waals surface area contributed by atoms with Crippen LogP contribution < -0.4 is 15.8 Å². The number of rotatable bonds is 13. The van der Waals surface area contributed by atoms with E-state index in [0.717, 1.165) is 17.2 Å².